The van der Waals surface area contributed by atoms with Crippen LogP contribution in [0.5, 0.6) is 0 Å². The van der Waals surface area contributed by atoms with Crippen molar-refractivity contribution in [1.82, 2.24) is 4.90 Å². The van der Waals surface area contributed by atoms with Crippen LogP contribution >= 0.6 is 0 Å². The predicted molar refractivity (Wildman–Crippen MR) is 90.5 cm³/mol. The molecule has 3 rings (SSSR count). The minimum Gasteiger partial charge on any atom is -0.481 e. The van der Waals surface area contributed by atoms with Gasteiger partial charge in [0.15, 0.2) is 0 Å². The first-order chi connectivity index (χ1) is 11.5. The van der Waals surface area contributed by atoms with Crippen LogP contribution in [0.15, 0.2) is 28.7 Å². The molecule has 24 heavy (non-hydrogen) atoms. The normalized spacial score (nSPS) is 20.4. The third-order valence-corrected chi connectivity index (χ3v) is 5.01. The number of para-hydroxylation sites is 1. The average Bonchev–Trinajstić information content (AvgIpc) is 3.19. The van der Waals surface area contributed by atoms with E-state index in [1.54, 1.807) is 11.9 Å². The average molecular weight is 329 g/mol. The first-order valence-corrected chi connectivity index (χ1v) is 8.48. The topological polar surface area (TPSA) is 70.8 Å². The zero-order valence-electron chi connectivity index (χ0n) is 14.1. The highest BCUT2D eigenvalue weighted by atomic mass is 16.4. The van der Waals surface area contributed by atoms with Gasteiger partial charge in [-0.3, -0.25) is 9.59 Å². The van der Waals surface area contributed by atoms with Crippen molar-refractivity contribution in [3.63, 3.8) is 0 Å². The van der Waals surface area contributed by atoms with Crippen LogP contribution in [0.1, 0.15) is 37.5 Å². The summed E-state index contributed by atoms with van der Waals surface area (Å²) in [6.45, 7) is 2.53. The maximum absolute atomic E-state index is 12.7. The number of amides is 1. The van der Waals surface area contributed by atoms with E-state index in [9.17, 15) is 9.59 Å². The van der Waals surface area contributed by atoms with Gasteiger partial charge in [0, 0.05) is 36.9 Å². The van der Waals surface area contributed by atoms with Gasteiger partial charge in [0.1, 0.15) is 11.3 Å². The smallest absolute Gasteiger partial charge is 0.306 e. The summed E-state index contributed by atoms with van der Waals surface area (Å²) in [7, 11) is 1.79. The lowest BCUT2D eigenvalue weighted by atomic mass is 10.0. The molecular weight excluding hydrogens is 306 g/mol. The van der Waals surface area contributed by atoms with Crippen LogP contribution in [0.4, 0.5) is 0 Å². The van der Waals surface area contributed by atoms with Crippen LogP contribution in [0, 0.1) is 11.8 Å². The number of benzene rings is 1. The van der Waals surface area contributed by atoms with Crippen molar-refractivity contribution >= 4 is 22.8 Å². The Kier molecular flexibility index (Phi) is 4.60. The van der Waals surface area contributed by atoms with E-state index in [0.717, 1.165) is 28.7 Å². The van der Waals surface area contributed by atoms with Crippen LogP contribution < -0.4 is 0 Å². The van der Waals surface area contributed by atoms with E-state index < -0.39 is 5.97 Å². The number of nitrogens with zero attached hydrogens (tertiary/aromatic N) is 1. The van der Waals surface area contributed by atoms with Gasteiger partial charge in [-0.15, -0.1) is 0 Å². The Labute approximate surface area is 141 Å². The molecule has 1 aromatic carbocycles. The minimum absolute atomic E-state index is 0.0334. The maximum atomic E-state index is 12.7. The van der Waals surface area contributed by atoms with Crippen LogP contribution in [-0.4, -0.2) is 28.9 Å². The molecule has 0 unspecified atom stereocenters. The standard InChI is InChI=1S/C19H23NO4/c1-3-16-15(14-6-4-5-7-17(14)24-16)11-20(2)18(21)12-8-9-13(10-12)19(22)23/h4-7,12-13H,3,8-11H2,1-2H3,(H,22,23)/t12-,13+/m1/s1. The molecule has 0 saturated heterocycles. The quantitative estimate of drug-likeness (QED) is 0.912. The van der Waals surface area contributed by atoms with Crippen LogP contribution in [0.2, 0.25) is 0 Å². The van der Waals surface area contributed by atoms with E-state index in [1.807, 2.05) is 31.2 Å². The summed E-state index contributed by atoms with van der Waals surface area (Å²) < 4.78 is 5.89. The van der Waals surface area contributed by atoms with E-state index >= 15 is 0 Å². The SMILES string of the molecule is CCc1oc2ccccc2c1CN(C)C(=O)[C@@H]1CC[C@H](C(=O)O)C1. The van der Waals surface area contributed by atoms with Crippen molar-refractivity contribution < 1.29 is 19.1 Å². The number of carbonyl (C=O) groups excluding carboxylic acids is 1. The Bertz CT molecular complexity index is 764. The predicted octanol–water partition coefficient (Wildman–Crippen LogP) is 3.45. The summed E-state index contributed by atoms with van der Waals surface area (Å²) in [5, 5.41) is 10.2. The number of rotatable bonds is 5. The van der Waals surface area contributed by atoms with Crippen LogP contribution in [0.25, 0.3) is 11.0 Å². The molecule has 1 N–H and O–H groups in total. The molecule has 1 aliphatic carbocycles. The van der Waals surface area contributed by atoms with Gasteiger partial charge in [0.05, 0.1) is 5.92 Å². The first kappa shape index (κ1) is 16.6. The van der Waals surface area contributed by atoms with Crippen LogP contribution in [0.3, 0.4) is 0 Å². The van der Waals surface area contributed by atoms with Crippen molar-refractivity contribution in [3.05, 3.63) is 35.6 Å². The number of hydrogen-bond acceptors (Lipinski definition) is 3. The molecule has 0 spiro atoms. The van der Waals surface area contributed by atoms with Gasteiger partial charge in [0.25, 0.3) is 0 Å². The van der Waals surface area contributed by atoms with Crippen molar-refractivity contribution in [2.75, 3.05) is 7.05 Å². The molecule has 1 saturated carbocycles. The van der Waals surface area contributed by atoms with Gasteiger partial charge in [0.2, 0.25) is 5.91 Å². The Morgan fingerprint density at radius 3 is 2.62 bits per heavy atom. The minimum atomic E-state index is -0.790. The summed E-state index contributed by atoms with van der Waals surface area (Å²) in [6, 6.07) is 7.86. The molecule has 1 fully saturated rings. The number of carboxylic acid groups (broad SMARTS) is 1. The molecule has 2 atom stereocenters. The zero-order valence-corrected chi connectivity index (χ0v) is 14.1. The van der Waals surface area contributed by atoms with Gasteiger partial charge >= 0.3 is 5.97 Å². The molecule has 1 amide bonds. The number of carbonyl (C=O) groups is 2. The molecule has 1 heterocycles. The van der Waals surface area contributed by atoms with Gasteiger partial charge in [-0.2, -0.15) is 0 Å². The molecule has 1 aromatic heterocycles. The van der Waals surface area contributed by atoms with Gasteiger partial charge < -0.3 is 14.4 Å². The summed E-state index contributed by atoms with van der Waals surface area (Å²) in [5.74, 6) is -0.411. The summed E-state index contributed by atoms with van der Waals surface area (Å²) in [5.41, 5.74) is 1.90. The highest BCUT2D eigenvalue weighted by Crippen LogP contribution is 2.33. The number of aliphatic carboxylic acids is 1. The van der Waals surface area contributed by atoms with E-state index in [-0.39, 0.29) is 17.7 Å². The monoisotopic (exact) mass is 329 g/mol. The van der Waals surface area contributed by atoms with Crippen molar-refractivity contribution in [3.8, 4) is 0 Å². The Balaban J connectivity index is 1.76. The van der Waals surface area contributed by atoms with Gasteiger partial charge in [-0.1, -0.05) is 25.1 Å². The Morgan fingerprint density at radius 2 is 1.96 bits per heavy atom. The third kappa shape index (κ3) is 3.03. The fraction of sp³-hybridized carbons (Fsp3) is 0.474. The second kappa shape index (κ2) is 6.67. The molecule has 2 aromatic rings. The molecule has 5 heteroatoms. The van der Waals surface area contributed by atoms with E-state index in [0.29, 0.717) is 25.8 Å². The van der Waals surface area contributed by atoms with E-state index in [2.05, 4.69) is 0 Å². The number of furan rings is 1. The number of hydrogen-bond donors (Lipinski definition) is 1. The lowest BCUT2D eigenvalue weighted by molar-refractivity contribution is -0.141. The second-order valence-electron chi connectivity index (χ2n) is 6.59. The Morgan fingerprint density at radius 1 is 1.25 bits per heavy atom. The zero-order chi connectivity index (χ0) is 17.3. The molecule has 128 valence electrons. The number of aryl methyl sites for hydroxylation is 1. The molecule has 1 aliphatic rings. The maximum Gasteiger partial charge on any atom is 0.306 e. The second-order valence-corrected chi connectivity index (χ2v) is 6.59. The first-order valence-electron chi connectivity index (χ1n) is 8.48. The van der Waals surface area contributed by atoms with Gasteiger partial charge in [-0.25, -0.2) is 0 Å². The van der Waals surface area contributed by atoms with Gasteiger partial charge in [-0.05, 0) is 25.3 Å². The fourth-order valence-electron chi connectivity index (χ4n) is 3.67. The molecule has 0 radical (unpaired) electrons. The molecule has 0 bridgehead atoms. The van der Waals surface area contributed by atoms with Crippen molar-refractivity contribution in [2.24, 2.45) is 11.8 Å². The summed E-state index contributed by atoms with van der Waals surface area (Å²) >= 11 is 0. The fourth-order valence-corrected chi connectivity index (χ4v) is 3.67. The number of carboxylic acids is 1. The van der Waals surface area contributed by atoms with Crippen LogP contribution in [-0.2, 0) is 22.6 Å². The lowest BCUT2D eigenvalue weighted by Gasteiger charge is -2.21. The van der Waals surface area contributed by atoms with Crippen molar-refractivity contribution in [2.45, 2.75) is 39.2 Å². The highest BCUT2D eigenvalue weighted by molar-refractivity contribution is 5.84. The third-order valence-electron chi connectivity index (χ3n) is 5.01. The largest absolute Gasteiger partial charge is 0.481 e. The van der Waals surface area contributed by atoms with E-state index in [4.69, 9.17) is 9.52 Å². The Hall–Kier alpha value is -2.30. The highest BCUT2D eigenvalue weighted by Gasteiger charge is 2.35. The lowest BCUT2D eigenvalue weighted by Crippen LogP contribution is -2.32. The summed E-state index contributed by atoms with van der Waals surface area (Å²) in [6.07, 6.45) is 2.48. The van der Waals surface area contributed by atoms with E-state index in [1.165, 1.54) is 0 Å². The van der Waals surface area contributed by atoms with Crippen molar-refractivity contribution in [1.29, 1.82) is 0 Å². The molecule has 5 nitrogen and oxygen atoms in total. The summed E-state index contributed by atoms with van der Waals surface area (Å²) in [4.78, 5) is 25.5. The number of fused-ring (bicyclic) bond motifs is 1. The molecule has 0 aliphatic heterocycles. The molecular formula is C19H23NO4.